The van der Waals surface area contributed by atoms with Gasteiger partial charge in [-0.25, -0.2) is 13.4 Å². The van der Waals surface area contributed by atoms with Crippen LogP contribution in [0.4, 0.5) is 5.69 Å². The number of thioether (sulfide) groups is 1. The number of carbonyl (C=O) groups excluding carboxylic acids is 1. The van der Waals surface area contributed by atoms with Crippen molar-refractivity contribution < 1.29 is 13.2 Å². The van der Waals surface area contributed by atoms with Crippen LogP contribution < -0.4 is 5.32 Å². The van der Waals surface area contributed by atoms with Gasteiger partial charge in [-0.2, -0.15) is 4.31 Å². The van der Waals surface area contributed by atoms with E-state index in [2.05, 4.69) is 10.3 Å². The van der Waals surface area contributed by atoms with E-state index in [0.717, 1.165) is 16.8 Å². The highest BCUT2D eigenvalue weighted by atomic mass is 32.2. The number of nitrogens with one attached hydrogen (secondary N) is 1. The van der Waals surface area contributed by atoms with Crippen molar-refractivity contribution in [1.82, 2.24) is 13.9 Å². The maximum atomic E-state index is 12.9. The summed E-state index contributed by atoms with van der Waals surface area (Å²) in [5.74, 6) is 0.0960. The maximum Gasteiger partial charge on any atom is 0.243 e. The number of benzene rings is 2. The molecule has 0 aliphatic carbocycles. The molecular weight excluding hydrogens is 444 g/mol. The zero-order valence-electron chi connectivity index (χ0n) is 19.2. The molecule has 9 heteroatoms. The van der Waals surface area contributed by atoms with Crippen molar-refractivity contribution in [3.05, 3.63) is 47.5 Å². The van der Waals surface area contributed by atoms with Crippen LogP contribution in [0.5, 0.6) is 0 Å². The molecule has 0 saturated heterocycles. The van der Waals surface area contributed by atoms with Gasteiger partial charge in [0.25, 0.3) is 0 Å². The highest BCUT2D eigenvalue weighted by Crippen LogP contribution is 2.27. The fourth-order valence-corrected chi connectivity index (χ4v) is 5.88. The molecule has 0 atom stereocenters. The fourth-order valence-electron chi connectivity index (χ4n) is 3.52. The lowest BCUT2D eigenvalue weighted by Gasteiger charge is -2.18. The minimum absolute atomic E-state index is 0.113. The average Bonchev–Trinajstić information content (AvgIpc) is 3.12. The van der Waals surface area contributed by atoms with Crippen molar-refractivity contribution in [3.8, 4) is 0 Å². The third-order valence-electron chi connectivity index (χ3n) is 5.47. The van der Waals surface area contributed by atoms with Crippen LogP contribution in [0.25, 0.3) is 11.0 Å². The SMILES string of the molecule is CCN(CC)S(=O)(=O)c1ccc2c(c1)nc(SCC(=O)Nc1ccc(C)c(C)c1)n2CC. The lowest BCUT2D eigenvalue weighted by atomic mass is 10.1. The van der Waals surface area contributed by atoms with Gasteiger partial charge in [-0.1, -0.05) is 31.7 Å². The summed E-state index contributed by atoms with van der Waals surface area (Å²) in [6.07, 6.45) is 0. The van der Waals surface area contributed by atoms with Gasteiger partial charge in [0.15, 0.2) is 5.16 Å². The predicted octanol–water partition coefficient (Wildman–Crippen LogP) is 4.43. The number of hydrogen-bond donors (Lipinski definition) is 1. The monoisotopic (exact) mass is 474 g/mol. The molecule has 0 bridgehead atoms. The van der Waals surface area contributed by atoms with Gasteiger partial charge in [-0.05, 0) is 62.2 Å². The molecule has 0 aliphatic rings. The number of fused-ring (bicyclic) bond motifs is 1. The number of nitrogens with zero attached hydrogens (tertiary/aromatic N) is 3. The lowest BCUT2D eigenvalue weighted by Crippen LogP contribution is -2.30. The van der Waals surface area contributed by atoms with E-state index in [-0.39, 0.29) is 16.6 Å². The number of rotatable bonds is 9. The molecule has 1 aromatic heterocycles. The Kier molecular flexibility index (Phi) is 7.63. The van der Waals surface area contributed by atoms with Crippen molar-refractivity contribution in [2.45, 2.75) is 51.2 Å². The van der Waals surface area contributed by atoms with E-state index in [4.69, 9.17) is 0 Å². The Bertz CT molecular complexity index is 1230. The van der Waals surface area contributed by atoms with Gasteiger partial charge in [0.1, 0.15) is 0 Å². The second-order valence-corrected chi connectivity index (χ2v) is 10.4. The second kappa shape index (κ2) is 10.1. The van der Waals surface area contributed by atoms with Gasteiger partial charge >= 0.3 is 0 Å². The summed E-state index contributed by atoms with van der Waals surface area (Å²) in [6, 6.07) is 10.9. The number of amides is 1. The first kappa shape index (κ1) is 24.3. The van der Waals surface area contributed by atoms with E-state index in [9.17, 15) is 13.2 Å². The third kappa shape index (κ3) is 5.00. The molecule has 0 spiro atoms. The molecule has 172 valence electrons. The summed E-state index contributed by atoms with van der Waals surface area (Å²) in [7, 11) is -3.56. The highest BCUT2D eigenvalue weighted by molar-refractivity contribution is 7.99. The minimum atomic E-state index is -3.56. The smallest absolute Gasteiger partial charge is 0.243 e. The average molecular weight is 475 g/mol. The number of aromatic nitrogens is 2. The van der Waals surface area contributed by atoms with Gasteiger partial charge in [-0.15, -0.1) is 0 Å². The van der Waals surface area contributed by atoms with E-state index in [1.165, 1.54) is 21.6 Å². The molecule has 0 fully saturated rings. The number of hydrogen-bond acceptors (Lipinski definition) is 5. The Labute approximate surface area is 194 Å². The first-order valence-corrected chi connectivity index (χ1v) is 13.1. The molecule has 1 heterocycles. The number of imidazole rings is 1. The Morgan fingerprint density at radius 3 is 2.41 bits per heavy atom. The standard InChI is InChI=1S/C23H30N4O3S2/c1-6-26(7-2)32(29,30)19-11-12-21-20(14-19)25-23(27(21)8-3)31-15-22(28)24-18-10-9-16(4)17(5)13-18/h9-14H,6-8,15H2,1-5H3,(H,24,28). The Morgan fingerprint density at radius 1 is 1.06 bits per heavy atom. The second-order valence-electron chi connectivity index (χ2n) is 7.51. The molecule has 2 aromatic carbocycles. The zero-order valence-corrected chi connectivity index (χ0v) is 20.8. The highest BCUT2D eigenvalue weighted by Gasteiger charge is 2.23. The van der Waals surface area contributed by atoms with Crippen LogP contribution in [-0.2, 0) is 21.4 Å². The van der Waals surface area contributed by atoms with Gasteiger partial charge < -0.3 is 9.88 Å². The maximum absolute atomic E-state index is 12.9. The van der Waals surface area contributed by atoms with E-state index in [0.29, 0.717) is 30.3 Å². The van der Waals surface area contributed by atoms with E-state index < -0.39 is 10.0 Å². The van der Waals surface area contributed by atoms with Gasteiger partial charge in [-0.3, -0.25) is 4.79 Å². The van der Waals surface area contributed by atoms with Crippen LogP contribution in [0.15, 0.2) is 46.5 Å². The van der Waals surface area contributed by atoms with Crippen LogP contribution in [0.1, 0.15) is 31.9 Å². The van der Waals surface area contributed by atoms with Crippen LogP contribution in [-0.4, -0.2) is 47.0 Å². The number of carbonyl (C=O) groups is 1. The molecule has 7 nitrogen and oxygen atoms in total. The van der Waals surface area contributed by atoms with Gasteiger partial charge in [0.2, 0.25) is 15.9 Å². The summed E-state index contributed by atoms with van der Waals surface area (Å²) in [5, 5.41) is 3.61. The van der Waals surface area contributed by atoms with Crippen molar-refractivity contribution in [1.29, 1.82) is 0 Å². The zero-order chi connectivity index (χ0) is 23.5. The summed E-state index contributed by atoms with van der Waals surface area (Å²) < 4.78 is 29.2. The molecular formula is C23H30N4O3S2. The fraction of sp³-hybridized carbons (Fsp3) is 0.391. The Balaban J connectivity index is 1.80. The van der Waals surface area contributed by atoms with Crippen LogP contribution in [0.2, 0.25) is 0 Å². The summed E-state index contributed by atoms with van der Waals surface area (Å²) >= 11 is 1.34. The van der Waals surface area contributed by atoms with Crippen molar-refractivity contribution >= 4 is 44.4 Å². The quantitative estimate of drug-likeness (QED) is 0.464. The Morgan fingerprint density at radius 2 is 1.78 bits per heavy atom. The largest absolute Gasteiger partial charge is 0.325 e. The molecule has 1 amide bonds. The molecule has 3 rings (SSSR count). The molecule has 1 N–H and O–H groups in total. The lowest BCUT2D eigenvalue weighted by molar-refractivity contribution is -0.113. The van der Waals surface area contributed by atoms with Crippen LogP contribution >= 0.6 is 11.8 Å². The van der Waals surface area contributed by atoms with Gasteiger partial charge in [0.05, 0.1) is 21.7 Å². The van der Waals surface area contributed by atoms with Crippen molar-refractivity contribution in [2.75, 3.05) is 24.2 Å². The molecule has 3 aromatic rings. The summed E-state index contributed by atoms with van der Waals surface area (Å²) in [5.41, 5.74) is 4.53. The molecule has 32 heavy (non-hydrogen) atoms. The number of sulfonamides is 1. The number of aryl methyl sites for hydroxylation is 3. The van der Waals surface area contributed by atoms with Crippen molar-refractivity contribution in [2.24, 2.45) is 0 Å². The van der Waals surface area contributed by atoms with Crippen molar-refractivity contribution in [3.63, 3.8) is 0 Å². The van der Waals surface area contributed by atoms with Crippen LogP contribution in [0, 0.1) is 13.8 Å². The Hall–Kier alpha value is -2.36. The topological polar surface area (TPSA) is 84.3 Å². The third-order valence-corrected chi connectivity index (χ3v) is 8.49. The van der Waals surface area contributed by atoms with Crippen LogP contribution in [0.3, 0.4) is 0 Å². The molecule has 0 saturated carbocycles. The summed E-state index contributed by atoms with van der Waals surface area (Å²) in [6.45, 7) is 11.2. The predicted molar refractivity (Wildman–Crippen MR) is 131 cm³/mol. The minimum Gasteiger partial charge on any atom is -0.325 e. The molecule has 0 aliphatic heterocycles. The first-order valence-electron chi connectivity index (χ1n) is 10.7. The molecule has 0 unspecified atom stereocenters. The normalized spacial score (nSPS) is 11.9. The number of anilines is 1. The van der Waals surface area contributed by atoms with E-state index in [1.807, 2.05) is 57.4 Å². The van der Waals surface area contributed by atoms with Gasteiger partial charge in [0, 0.05) is 25.3 Å². The van der Waals surface area contributed by atoms with E-state index in [1.54, 1.807) is 18.2 Å². The van der Waals surface area contributed by atoms with E-state index >= 15 is 0 Å². The molecule has 0 radical (unpaired) electrons. The summed E-state index contributed by atoms with van der Waals surface area (Å²) in [4.78, 5) is 17.3. The first-order chi connectivity index (χ1) is 15.2.